The van der Waals surface area contributed by atoms with E-state index in [0.29, 0.717) is 23.6 Å². The molecule has 0 bridgehead atoms. The van der Waals surface area contributed by atoms with Crippen LogP contribution in [0.5, 0.6) is 0 Å². The van der Waals surface area contributed by atoms with Crippen molar-refractivity contribution in [2.24, 2.45) is 0 Å². The molecule has 1 aromatic carbocycles. The number of rotatable bonds is 6. The average Bonchev–Trinajstić information content (AvgIpc) is 2.34. The Morgan fingerprint density at radius 3 is 2.42 bits per heavy atom. The van der Waals surface area contributed by atoms with E-state index in [4.69, 9.17) is 11.6 Å². The van der Waals surface area contributed by atoms with Gasteiger partial charge in [0.2, 0.25) is 0 Å². The number of carbonyl (C=O) groups is 2. The fraction of sp³-hybridized carbons (Fsp3) is 0.333. The highest BCUT2D eigenvalue weighted by atomic mass is 35.5. The first-order valence-corrected chi connectivity index (χ1v) is 6.44. The Labute approximate surface area is 118 Å². The summed E-state index contributed by atoms with van der Waals surface area (Å²) in [5.74, 6) is -0.384. The molecule has 0 N–H and O–H groups in total. The molecule has 0 fully saturated rings. The van der Waals surface area contributed by atoms with Gasteiger partial charge in [-0.05, 0) is 38.7 Å². The van der Waals surface area contributed by atoms with Crippen molar-refractivity contribution in [1.29, 1.82) is 0 Å². The predicted molar refractivity (Wildman–Crippen MR) is 78.3 cm³/mol. The van der Waals surface area contributed by atoms with Crippen LogP contribution in [0.1, 0.15) is 18.9 Å². The second-order valence-corrected chi connectivity index (χ2v) is 5.02. The van der Waals surface area contributed by atoms with E-state index >= 15 is 0 Å². The molecule has 0 amide bonds. The van der Waals surface area contributed by atoms with E-state index in [0.717, 1.165) is 0 Å². The molecular formula is C15H18ClNO2. The summed E-state index contributed by atoms with van der Waals surface area (Å²) >= 11 is 6.03. The molecule has 1 rings (SSSR count). The summed E-state index contributed by atoms with van der Waals surface area (Å²) in [4.78, 5) is 25.6. The zero-order valence-electron chi connectivity index (χ0n) is 11.4. The topological polar surface area (TPSA) is 37.4 Å². The van der Waals surface area contributed by atoms with Crippen LogP contribution < -0.4 is 0 Å². The number of hydrogen-bond donors (Lipinski definition) is 0. The van der Waals surface area contributed by atoms with Crippen LogP contribution in [0, 0.1) is 0 Å². The summed E-state index contributed by atoms with van der Waals surface area (Å²) in [7, 11) is 3.77. The summed E-state index contributed by atoms with van der Waals surface area (Å²) in [5.41, 5.74) is 0.891. The molecular weight excluding hydrogens is 262 g/mol. The molecule has 19 heavy (non-hydrogen) atoms. The number of hydrogen-bond acceptors (Lipinski definition) is 3. The van der Waals surface area contributed by atoms with Crippen molar-refractivity contribution in [2.75, 3.05) is 20.6 Å². The van der Waals surface area contributed by atoms with Gasteiger partial charge in [0.05, 0.1) is 5.57 Å². The first-order chi connectivity index (χ1) is 8.91. The van der Waals surface area contributed by atoms with Crippen molar-refractivity contribution >= 4 is 29.2 Å². The third-order valence-corrected chi connectivity index (χ3v) is 3.02. The number of halogens is 1. The van der Waals surface area contributed by atoms with Crippen molar-refractivity contribution in [3.8, 4) is 0 Å². The maximum Gasteiger partial charge on any atom is 0.167 e. The van der Waals surface area contributed by atoms with E-state index in [1.54, 1.807) is 24.3 Å². The summed E-state index contributed by atoms with van der Waals surface area (Å²) in [6.45, 7) is 2.02. The minimum atomic E-state index is -0.233. The first kappa shape index (κ1) is 15.6. The lowest BCUT2D eigenvalue weighted by Gasteiger charge is -2.09. The van der Waals surface area contributed by atoms with Crippen LogP contribution >= 0.6 is 11.6 Å². The van der Waals surface area contributed by atoms with Crippen LogP contribution in [0.15, 0.2) is 29.8 Å². The highest BCUT2D eigenvalue weighted by Crippen LogP contribution is 2.19. The molecule has 0 aliphatic rings. The maximum atomic E-state index is 12.0. The zero-order valence-corrected chi connectivity index (χ0v) is 12.2. The Morgan fingerprint density at radius 2 is 1.89 bits per heavy atom. The van der Waals surface area contributed by atoms with Crippen molar-refractivity contribution < 1.29 is 9.59 Å². The van der Waals surface area contributed by atoms with E-state index in [1.807, 2.05) is 25.1 Å². The lowest BCUT2D eigenvalue weighted by molar-refractivity contribution is -0.120. The lowest BCUT2D eigenvalue weighted by Crippen LogP contribution is -2.19. The standard InChI is InChI=1S/C15H18ClNO2/c1-11(18)13(15(19)8-9-17(2)3)10-12-6-4-5-7-14(12)16/h4-7,10H,8-9H2,1-3H3. The molecule has 0 aromatic heterocycles. The SMILES string of the molecule is CC(=O)C(=Cc1ccccc1Cl)C(=O)CCN(C)C. The molecule has 0 aliphatic carbocycles. The molecule has 0 saturated heterocycles. The Hall–Kier alpha value is -1.45. The number of allylic oxidation sites excluding steroid dienone is 1. The number of nitrogens with zero attached hydrogens (tertiary/aromatic N) is 1. The van der Waals surface area contributed by atoms with Crippen LogP contribution in [-0.2, 0) is 9.59 Å². The van der Waals surface area contributed by atoms with Gasteiger partial charge in [-0.1, -0.05) is 29.8 Å². The quantitative estimate of drug-likeness (QED) is 0.456. The van der Waals surface area contributed by atoms with E-state index in [9.17, 15) is 9.59 Å². The second kappa shape index (κ2) is 7.22. The third-order valence-electron chi connectivity index (χ3n) is 2.67. The summed E-state index contributed by atoms with van der Waals surface area (Å²) in [6, 6.07) is 7.14. The monoisotopic (exact) mass is 279 g/mol. The van der Waals surface area contributed by atoms with E-state index < -0.39 is 0 Å². The summed E-state index contributed by atoms with van der Waals surface area (Å²) in [6.07, 6.45) is 1.89. The van der Waals surface area contributed by atoms with Crippen LogP contribution in [-0.4, -0.2) is 37.1 Å². The van der Waals surface area contributed by atoms with Crippen molar-refractivity contribution in [2.45, 2.75) is 13.3 Å². The van der Waals surface area contributed by atoms with Gasteiger partial charge >= 0.3 is 0 Å². The van der Waals surface area contributed by atoms with Crippen LogP contribution in [0.25, 0.3) is 6.08 Å². The molecule has 0 atom stereocenters. The van der Waals surface area contributed by atoms with E-state index in [1.165, 1.54) is 6.92 Å². The smallest absolute Gasteiger partial charge is 0.167 e. The van der Waals surface area contributed by atoms with Crippen molar-refractivity contribution in [1.82, 2.24) is 4.90 Å². The fourth-order valence-electron chi connectivity index (χ4n) is 1.59. The van der Waals surface area contributed by atoms with E-state index in [-0.39, 0.29) is 17.1 Å². The number of Topliss-reactive ketones (excluding diaryl/α,β-unsaturated/α-hetero) is 2. The largest absolute Gasteiger partial charge is 0.309 e. The maximum absolute atomic E-state index is 12.0. The highest BCUT2D eigenvalue weighted by Gasteiger charge is 2.15. The molecule has 102 valence electrons. The number of benzene rings is 1. The molecule has 3 nitrogen and oxygen atoms in total. The Kier molecular flexibility index (Phi) is 5.93. The van der Waals surface area contributed by atoms with Gasteiger partial charge in [-0.2, -0.15) is 0 Å². The molecule has 0 saturated carbocycles. The predicted octanol–water partition coefficient (Wildman–Crippen LogP) is 2.83. The van der Waals surface area contributed by atoms with Gasteiger partial charge in [-0.25, -0.2) is 0 Å². The van der Waals surface area contributed by atoms with Gasteiger partial charge < -0.3 is 4.90 Å². The molecule has 0 spiro atoms. The van der Waals surface area contributed by atoms with Gasteiger partial charge in [-0.15, -0.1) is 0 Å². The summed E-state index contributed by atoms with van der Waals surface area (Å²) in [5, 5.41) is 0.529. The summed E-state index contributed by atoms with van der Waals surface area (Å²) < 4.78 is 0. The molecule has 0 radical (unpaired) electrons. The van der Waals surface area contributed by atoms with Crippen molar-refractivity contribution in [3.05, 3.63) is 40.4 Å². The van der Waals surface area contributed by atoms with E-state index in [2.05, 4.69) is 0 Å². The Balaban J connectivity index is 2.98. The minimum absolute atomic E-state index is 0.152. The lowest BCUT2D eigenvalue weighted by atomic mass is 10.0. The van der Waals surface area contributed by atoms with Crippen molar-refractivity contribution in [3.63, 3.8) is 0 Å². The molecule has 1 aromatic rings. The number of carbonyl (C=O) groups excluding carboxylic acids is 2. The molecule has 0 heterocycles. The van der Waals surface area contributed by atoms with Gasteiger partial charge in [0.1, 0.15) is 0 Å². The first-order valence-electron chi connectivity index (χ1n) is 6.07. The van der Waals surface area contributed by atoms with Gasteiger partial charge in [-0.3, -0.25) is 9.59 Å². The average molecular weight is 280 g/mol. The van der Waals surface area contributed by atoms with Gasteiger partial charge in [0, 0.05) is 18.0 Å². The Morgan fingerprint density at radius 1 is 1.26 bits per heavy atom. The van der Waals surface area contributed by atoms with Gasteiger partial charge in [0.25, 0.3) is 0 Å². The number of ketones is 2. The third kappa shape index (κ3) is 4.97. The molecule has 0 unspecified atom stereocenters. The fourth-order valence-corrected chi connectivity index (χ4v) is 1.78. The normalized spacial score (nSPS) is 11.7. The zero-order chi connectivity index (χ0) is 14.4. The minimum Gasteiger partial charge on any atom is -0.309 e. The van der Waals surface area contributed by atoms with Gasteiger partial charge in [0.15, 0.2) is 11.6 Å². The molecule has 4 heteroatoms. The second-order valence-electron chi connectivity index (χ2n) is 4.61. The molecule has 0 aliphatic heterocycles. The van der Waals surface area contributed by atoms with Crippen LogP contribution in [0.2, 0.25) is 5.02 Å². The Bertz CT molecular complexity index is 507. The van der Waals surface area contributed by atoms with Crippen LogP contribution in [0.4, 0.5) is 0 Å². The van der Waals surface area contributed by atoms with Crippen LogP contribution in [0.3, 0.4) is 0 Å². The highest BCUT2D eigenvalue weighted by molar-refractivity contribution is 6.32.